The Labute approximate surface area is 130 Å². The van der Waals surface area contributed by atoms with Gasteiger partial charge in [-0.05, 0) is 28.8 Å². The van der Waals surface area contributed by atoms with E-state index in [2.05, 4.69) is 39.4 Å². The molecule has 1 rings (SSSR count). The van der Waals surface area contributed by atoms with E-state index >= 15 is 0 Å². The lowest BCUT2D eigenvalue weighted by Gasteiger charge is -2.11. The fourth-order valence-electron chi connectivity index (χ4n) is 1.24. The van der Waals surface area contributed by atoms with Crippen molar-refractivity contribution in [2.24, 2.45) is 4.99 Å². The molecular weight excluding hydrogens is 361 g/mol. The minimum Gasteiger partial charge on any atom is -0.383 e. The molecule has 0 unspecified atom stereocenters. The van der Waals surface area contributed by atoms with Gasteiger partial charge in [0, 0.05) is 20.2 Å². The van der Waals surface area contributed by atoms with Crippen LogP contribution in [0, 0.1) is 0 Å². The van der Waals surface area contributed by atoms with Gasteiger partial charge >= 0.3 is 0 Å². The van der Waals surface area contributed by atoms with Crippen molar-refractivity contribution in [3.8, 4) is 0 Å². The highest BCUT2D eigenvalue weighted by atomic mass is 127. The van der Waals surface area contributed by atoms with Crippen LogP contribution in [0.3, 0.4) is 0 Å². The highest BCUT2D eigenvalue weighted by molar-refractivity contribution is 14.0. The Morgan fingerprint density at radius 1 is 1.39 bits per heavy atom. The van der Waals surface area contributed by atoms with Crippen molar-refractivity contribution >= 4 is 41.3 Å². The van der Waals surface area contributed by atoms with Crippen molar-refractivity contribution in [3.63, 3.8) is 0 Å². The first-order valence-corrected chi connectivity index (χ1v) is 6.83. The molecule has 0 aliphatic rings. The van der Waals surface area contributed by atoms with Gasteiger partial charge in [-0.1, -0.05) is 6.92 Å². The number of rotatable bonds is 7. The van der Waals surface area contributed by atoms with Crippen LogP contribution in [0.1, 0.15) is 18.9 Å². The molecule has 0 amide bonds. The molecule has 1 aromatic heterocycles. The zero-order valence-electron chi connectivity index (χ0n) is 10.9. The molecule has 0 aliphatic carbocycles. The lowest BCUT2D eigenvalue weighted by Crippen LogP contribution is -2.39. The standard InChI is InChI=1S/C12H21N3OS.HI/c1-3-5-13-12(14-6-7-16-2)15-9-11-4-8-17-10-11;/h4,8,10H,3,5-7,9H2,1-2H3,(H2,13,14,15);1H. The van der Waals surface area contributed by atoms with E-state index in [1.807, 2.05) is 0 Å². The van der Waals surface area contributed by atoms with Gasteiger partial charge in [-0.15, -0.1) is 24.0 Å². The predicted molar refractivity (Wildman–Crippen MR) is 89.0 cm³/mol. The second-order valence-electron chi connectivity index (χ2n) is 3.64. The van der Waals surface area contributed by atoms with Crippen LogP contribution in [0.2, 0.25) is 0 Å². The monoisotopic (exact) mass is 383 g/mol. The van der Waals surface area contributed by atoms with Gasteiger partial charge in [-0.2, -0.15) is 11.3 Å². The number of hydrogen-bond donors (Lipinski definition) is 2. The van der Waals surface area contributed by atoms with E-state index in [9.17, 15) is 0 Å². The zero-order chi connectivity index (χ0) is 12.3. The van der Waals surface area contributed by atoms with Crippen LogP contribution >= 0.6 is 35.3 Å². The van der Waals surface area contributed by atoms with Crippen molar-refractivity contribution in [1.82, 2.24) is 10.6 Å². The van der Waals surface area contributed by atoms with Crippen LogP contribution in [-0.4, -0.2) is 32.8 Å². The molecule has 2 N–H and O–H groups in total. The molecule has 4 nitrogen and oxygen atoms in total. The summed E-state index contributed by atoms with van der Waals surface area (Å²) in [5.74, 6) is 0.857. The van der Waals surface area contributed by atoms with E-state index in [4.69, 9.17) is 4.74 Å². The topological polar surface area (TPSA) is 45.7 Å². The summed E-state index contributed by atoms with van der Waals surface area (Å²) in [6, 6.07) is 2.10. The molecule has 0 aliphatic heterocycles. The Hall–Kier alpha value is -0.340. The van der Waals surface area contributed by atoms with Gasteiger partial charge in [0.1, 0.15) is 0 Å². The van der Waals surface area contributed by atoms with Crippen LogP contribution < -0.4 is 10.6 Å². The Kier molecular flexibility index (Phi) is 11.5. The summed E-state index contributed by atoms with van der Waals surface area (Å²) in [5.41, 5.74) is 1.25. The third-order valence-electron chi connectivity index (χ3n) is 2.14. The Morgan fingerprint density at radius 2 is 2.17 bits per heavy atom. The van der Waals surface area contributed by atoms with Gasteiger partial charge in [0.2, 0.25) is 0 Å². The number of aliphatic imine (C=N–C) groups is 1. The number of ether oxygens (including phenoxy) is 1. The van der Waals surface area contributed by atoms with E-state index in [1.54, 1.807) is 18.4 Å². The van der Waals surface area contributed by atoms with Crippen molar-refractivity contribution in [1.29, 1.82) is 0 Å². The summed E-state index contributed by atoms with van der Waals surface area (Å²) < 4.78 is 5.00. The Morgan fingerprint density at radius 3 is 2.78 bits per heavy atom. The van der Waals surface area contributed by atoms with Crippen LogP contribution in [0.25, 0.3) is 0 Å². The van der Waals surface area contributed by atoms with Crippen molar-refractivity contribution in [2.75, 3.05) is 26.8 Å². The fourth-order valence-corrected chi connectivity index (χ4v) is 1.90. The molecule has 0 spiro atoms. The lowest BCUT2D eigenvalue weighted by molar-refractivity contribution is 0.203. The summed E-state index contributed by atoms with van der Waals surface area (Å²) in [5, 5.41) is 10.7. The molecule has 0 aromatic carbocycles. The molecule has 0 atom stereocenters. The summed E-state index contributed by atoms with van der Waals surface area (Å²) in [4.78, 5) is 4.52. The number of thiophene rings is 1. The molecule has 0 bridgehead atoms. The number of halogens is 1. The lowest BCUT2D eigenvalue weighted by atomic mass is 10.3. The fraction of sp³-hybridized carbons (Fsp3) is 0.583. The van der Waals surface area contributed by atoms with Gasteiger partial charge in [-0.25, -0.2) is 4.99 Å². The Bertz CT molecular complexity index is 317. The normalized spacial score (nSPS) is 10.9. The number of nitrogens with one attached hydrogen (secondary N) is 2. The third-order valence-corrected chi connectivity index (χ3v) is 2.87. The SMILES string of the molecule is CCCNC(=NCc1ccsc1)NCCOC.I. The summed E-state index contributed by atoms with van der Waals surface area (Å²) in [6.45, 7) is 5.25. The summed E-state index contributed by atoms with van der Waals surface area (Å²) in [6.07, 6.45) is 1.09. The number of methoxy groups -OCH3 is 1. The molecule has 0 saturated carbocycles. The van der Waals surface area contributed by atoms with Gasteiger partial charge in [0.15, 0.2) is 5.96 Å². The zero-order valence-corrected chi connectivity index (χ0v) is 14.1. The average molecular weight is 383 g/mol. The largest absolute Gasteiger partial charge is 0.383 e. The van der Waals surface area contributed by atoms with Crippen LogP contribution in [0.5, 0.6) is 0 Å². The summed E-state index contributed by atoms with van der Waals surface area (Å²) >= 11 is 1.70. The third kappa shape index (κ3) is 7.88. The van der Waals surface area contributed by atoms with E-state index in [0.29, 0.717) is 6.61 Å². The first-order valence-electron chi connectivity index (χ1n) is 5.89. The van der Waals surface area contributed by atoms with Crippen molar-refractivity contribution < 1.29 is 4.74 Å². The van der Waals surface area contributed by atoms with Crippen molar-refractivity contribution in [3.05, 3.63) is 22.4 Å². The molecular formula is C12H22IN3OS. The number of hydrogen-bond acceptors (Lipinski definition) is 3. The van der Waals surface area contributed by atoms with Gasteiger partial charge in [0.25, 0.3) is 0 Å². The van der Waals surface area contributed by atoms with Crippen molar-refractivity contribution in [2.45, 2.75) is 19.9 Å². The number of guanidine groups is 1. The molecule has 1 heterocycles. The summed E-state index contributed by atoms with van der Waals surface area (Å²) in [7, 11) is 1.70. The highest BCUT2D eigenvalue weighted by Crippen LogP contribution is 2.06. The predicted octanol–water partition coefficient (Wildman–Crippen LogP) is 2.46. The first kappa shape index (κ1) is 17.7. The molecule has 0 fully saturated rings. The van der Waals surface area contributed by atoms with E-state index in [1.165, 1.54) is 5.56 Å². The van der Waals surface area contributed by atoms with Gasteiger partial charge < -0.3 is 15.4 Å². The maximum atomic E-state index is 5.00. The second-order valence-corrected chi connectivity index (χ2v) is 4.42. The maximum Gasteiger partial charge on any atom is 0.191 e. The highest BCUT2D eigenvalue weighted by Gasteiger charge is 1.97. The first-order chi connectivity index (χ1) is 8.36. The van der Waals surface area contributed by atoms with E-state index in [0.717, 1.165) is 32.0 Å². The quantitative estimate of drug-likeness (QED) is 0.329. The van der Waals surface area contributed by atoms with Gasteiger partial charge in [0.05, 0.1) is 13.2 Å². The molecule has 18 heavy (non-hydrogen) atoms. The minimum atomic E-state index is 0. The molecule has 104 valence electrons. The average Bonchev–Trinajstić information content (AvgIpc) is 2.85. The second kappa shape index (κ2) is 11.7. The van der Waals surface area contributed by atoms with Crippen LogP contribution in [0.4, 0.5) is 0 Å². The van der Waals surface area contributed by atoms with E-state index < -0.39 is 0 Å². The molecule has 6 heteroatoms. The van der Waals surface area contributed by atoms with Crippen LogP contribution in [-0.2, 0) is 11.3 Å². The molecule has 0 saturated heterocycles. The minimum absolute atomic E-state index is 0. The molecule has 0 radical (unpaired) electrons. The smallest absolute Gasteiger partial charge is 0.191 e. The van der Waals surface area contributed by atoms with Gasteiger partial charge in [-0.3, -0.25) is 0 Å². The van der Waals surface area contributed by atoms with Crippen LogP contribution in [0.15, 0.2) is 21.8 Å². The maximum absolute atomic E-state index is 5.00. The molecule has 1 aromatic rings. The number of nitrogens with zero attached hydrogens (tertiary/aromatic N) is 1. The van der Waals surface area contributed by atoms with E-state index in [-0.39, 0.29) is 24.0 Å². The Balaban J connectivity index is 0.00000289.